The molecule has 0 unspecified atom stereocenters. The lowest BCUT2D eigenvalue weighted by molar-refractivity contribution is 0.669. The zero-order chi connectivity index (χ0) is 36.0. The van der Waals surface area contributed by atoms with Gasteiger partial charge in [0.25, 0.3) is 0 Å². The molecular formula is C47H30N6O. The highest BCUT2D eigenvalue weighted by atomic mass is 16.3. The largest absolute Gasteiger partial charge is 0.456 e. The molecule has 0 radical (unpaired) electrons. The average Bonchev–Trinajstić information content (AvgIpc) is 3.62. The summed E-state index contributed by atoms with van der Waals surface area (Å²) in [5, 5.41) is 17.8. The van der Waals surface area contributed by atoms with E-state index in [1.807, 2.05) is 109 Å². The van der Waals surface area contributed by atoms with Crippen molar-refractivity contribution < 1.29 is 4.42 Å². The number of allylic oxidation sites excluding steroid dienone is 1. The molecule has 0 atom stereocenters. The fourth-order valence-electron chi connectivity index (χ4n) is 7.10. The molecule has 0 amide bonds. The van der Waals surface area contributed by atoms with Gasteiger partial charge in [-0.15, -0.1) is 0 Å². The first-order chi connectivity index (χ1) is 26.6. The summed E-state index contributed by atoms with van der Waals surface area (Å²) in [5.41, 5.74) is 13.0. The number of hydrogen-bond donors (Lipinski definition) is 2. The van der Waals surface area contributed by atoms with Crippen LogP contribution in [0.25, 0.3) is 84.1 Å². The monoisotopic (exact) mass is 694 g/mol. The van der Waals surface area contributed by atoms with Crippen LogP contribution in [0.15, 0.2) is 173 Å². The number of aromatic nitrogens is 3. The molecule has 7 aromatic carbocycles. The van der Waals surface area contributed by atoms with Crippen molar-refractivity contribution in [2.45, 2.75) is 0 Å². The molecule has 0 aliphatic heterocycles. The molecule has 2 aromatic heterocycles. The van der Waals surface area contributed by atoms with Gasteiger partial charge in [0, 0.05) is 33.0 Å². The highest BCUT2D eigenvalue weighted by molar-refractivity contribution is 6.55. The van der Waals surface area contributed by atoms with E-state index in [4.69, 9.17) is 19.4 Å². The lowest BCUT2D eigenvalue weighted by atomic mass is 9.88. The van der Waals surface area contributed by atoms with E-state index in [2.05, 4.69) is 71.2 Å². The van der Waals surface area contributed by atoms with Gasteiger partial charge in [-0.2, -0.15) is 5.10 Å². The van der Waals surface area contributed by atoms with Gasteiger partial charge in [0.05, 0.1) is 11.4 Å². The van der Waals surface area contributed by atoms with Crippen molar-refractivity contribution in [2.24, 2.45) is 5.10 Å². The zero-order valence-electron chi connectivity index (χ0n) is 28.9. The summed E-state index contributed by atoms with van der Waals surface area (Å²) in [6.07, 6.45) is 3.89. The fraction of sp³-hybridized carbons (Fsp3) is 0. The Labute approximate surface area is 310 Å². The Morgan fingerprint density at radius 3 is 1.89 bits per heavy atom. The summed E-state index contributed by atoms with van der Waals surface area (Å²) in [6, 6.07) is 52.8. The molecule has 0 bridgehead atoms. The van der Waals surface area contributed by atoms with Crippen LogP contribution in [0.2, 0.25) is 0 Å². The maximum atomic E-state index is 9.27. The van der Waals surface area contributed by atoms with Crippen LogP contribution < -0.4 is 5.43 Å². The Kier molecular flexibility index (Phi) is 7.47. The molecule has 254 valence electrons. The minimum absolute atomic E-state index is 0.342. The number of furan rings is 1. The quantitative estimate of drug-likeness (QED) is 0.169. The van der Waals surface area contributed by atoms with Gasteiger partial charge in [-0.1, -0.05) is 115 Å². The minimum Gasteiger partial charge on any atom is -0.456 e. The topological polar surface area (TPSA) is 100 Å². The van der Waals surface area contributed by atoms with Crippen LogP contribution in [-0.4, -0.2) is 26.4 Å². The number of nitrogens with zero attached hydrogens (tertiary/aromatic N) is 4. The van der Waals surface area contributed by atoms with Crippen molar-refractivity contribution in [3.05, 3.63) is 175 Å². The van der Waals surface area contributed by atoms with E-state index in [9.17, 15) is 5.41 Å². The van der Waals surface area contributed by atoms with Gasteiger partial charge < -0.3 is 4.42 Å². The number of benzene rings is 7. The lowest BCUT2D eigenvalue weighted by Crippen LogP contribution is -2.18. The molecule has 1 aliphatic carbocycles. The first kappa shape index (κ1) is 31.2. The molecule has 0 saturated carbocycles. The number of rotatable bonds is 6. The van der Waals surface area contributed by atoms with Gasteiger partial charge in [0.1, 0.15) is 16.9 Å². The third kappa shape index (κ3) is 5.61. The molecule has 0 fully saturated rings. The second-order valence-electron chi connectivity index (χ2n) is 13.2. The van der Waals surface area contributed by atoms with E-state index in [0.29, 0.717) is 28.9 Å². The highest BCUT2D eigenvalue weighted by Gasteiger charge is 2.21. The minimum atomic E-state index is 0.342. The van der Waals surface area contributed by atoms with Crippen molar-refractivity contribution in [3.63, 3.8) is 0 Å². The Morgan fingerprint density at radius 1 is 0.481 bits per heavy atom. The van der Waals surface area contributed by atoms with Gasteiger partial charge in [0.2, 0.25) is 0 Å². The molecule has 7 nitrogen and oxygen atoms in total. The van der Waals surface area contributed by atoms with E-state index in [0.717, 1.165) is 77.3 Å². The van der Waals surface area contributed by atoms with Crippen LogP contribution >= 0.6 is 0 Å². The van der Waals surface area contributed by atoms with E-state index >= 15 is 0 Å². The molecule has 2 heterocycles. The third-order valence-corrected chi connectivity index (χ3v) is 9.82. The standard InChI is InChI=1S/C47H30N6O/c48-44-40(53-52-36-14-5-2-6-15-36)24-22-31-20-18-30-19-21-34(27-38(30)43(31)44)46-49-45(33-13-9-12-32(26-33)29-10-3-1-4-11-29)50-47(51-46)35-23-25-42-39(28-35)37-16-7-8-17-41(37)54-42/h1-28,48,52H/b48-44?,53-40-. The molecule has 0 spiro atoms. The van der Waals surface area contributed by atoms with Gasteiger partial charge in [-0.3, -0.25) is 10.8 Å². The summed E-state index contributed by atoms with van der Waals surface area (Å²) < 4.78 is 6.14. The second kappa shape index (κ2) is 12.9. The molecule has 9 aromatic rings. The van der Waals surface area contributed by atoms with E-state index in [1.165, 1.54) is 0 Å². The van der Waals surface area contributed by atoms with Crippen LogP contribution in [0.4, 0.5) is 5.69 Å². The second-order valence-corrected chi connectivity index (χ2v) is 13.2. The molecule has 1 aliphatic rings. The van der Waals surface area contributed by atoms with Crippen molar-refractivity contribution in [1.82, 2.24) is 15.0 Å². The predicted molar refractivity (Wildman–Crippen MR) is 220 cm³/mol. The van der Waals surface area contributed by atoms with Crippen molar-refractivity contribution in [1.29, 1.82) is 5.41 Å². The van der Waals surface area contributed by atoms with Crippen LogP contribution in [0.3, 0.4) is 0 Å². The number of hydrogen-bond acceptors (Lipinski definition) is 7. The SMILES string of the molecule is N=C1/C(=N\Nc2ccccc2)C=Cc2ccc3ccc(-c4nc(-c5cccc(-c6ccccc6)c5)nc(-c5ccc6oc7ccccc7c6c5)n4)cc3c21. The Morgan fingerprint density at radius 2 is 1.09 bits per heavy atom. The fourth-order valence-corrected chi connectivity index (χ4v) is 7.10. The Balaban J connectivity index is 1.12. The first-order valence-corrected chi connectivity index (χ1v) is 17.7. The number of fused-ring (bicyclic) bond motifs is 6. The normalized spacial score (nSPS) is 13.2. The number of para-hydroxylation sites is 2. The third-order valence-electron chi connectivity index (χ3n) is 9.82. The van der Waals surface area contributed by atoms with Crippen molar-refractivity contribution in [3.8, 4) is 45.3 Å². The van der Waals surface area contributed by atoms with Gasteiger partial charge >= 0.3 is 0 Å². The summed E-state index contributed by atoms with van der Waals surface area (Å²) in [7, 11) is 0. The smallest absolute Gasteiger partial charge is 0.164 e. The summed E-state index contributed by atoms with van der Waals surface area (Å²) in [5.74, 6) is 1.66. The number of nitrogens with one attached hydrogen (secondary N) is 2. The van der Waals surface area contributed by atoms with E-state index in [1.54, 1.807) is 0 Å². The average molecular weight is 695 g/mol. The Bertz CT molecular complexity index is 2980. The molecule has 0 saturated heterocycles. The van der Waals surface area contributed by atoms with Crippen molar-refractivity contribution in [2.75, 3.05) is 5.43 Å². The van der Waals surface area contributed by atoms with Crippen LogP contribution in [0.5, 0.6) is 0 Å². The Hall–Kier alpha value is -7.51. The zero-order valence-corrected chi connectivity index (χ0v) is 28.9. The maximum Gasteiger partial charge on any atom is 0.164 e. The summed E-state index contributed by atoms with van der Waals surface area (Å²) in [4.78, 5) is 15.3. The van der Waals surface area contributed by atoms with Gasteiger partial charge in [-0.05, 0) is 82.1 Å². The number of anilines is 1. The predicted octanol–water partition coefficient (Wildman–Crippen LogP) is 11.5. The van der Waals surface area contributed by atoms with Gasteiger partial charge in [-0.25, -0.2) is 15.0 Å². The van der Waals surface area contributed by atoms with Crippen LogP contribution in [-0.2, 0) is 0 Å². The molecule has 54 heavy (non-hydrogen) atoms. The first-order valence-electron chi connectivity index (χ1n) is 17.7. The van der Waals surface area contributed by atoms with Crippen LogP contribution in [0.1, 0.15) is 11.1 Å². The van der Waals surface area contributed by atoms with Crippen LogP contribution in [0, 0.1) is 5.41 Å². The molecule has 10 rings (SSSR count). The maximum absolute atomic E-state index is 9.27. The van der Waals surface area contributed by atoms with E-state index in [-0.39, 0.29) is 0 Å². The van der Waals surface area contributed by atoms with Crippen molar-refractivity contribution >= 4 is 55.9 Å². The summed E-state index contributed by atoms with van der Waals surface area (Å²) in [6.45, 7) is 0. The highest BCUT2D eigenvalue weighted by Crippen LogP contribution is 2.35. The lowest BCUT2D eigenvalue weighted by Gasteiger charge is -2.17. The van der Waals surface area contributed by atoms with Gasteiger partial charge in [0.15, 0.2) is 17.5 Å². The number of hydrazone groups is 1. The summed E-state index contributed by atoms with van der Waals surface area (Å²) >= 11 is 0. The molecule has 7 heteroatoms. The van der Waals surface area contributed by atoms with E-state index < -0.39 is 0 Å². The molecular weight excluding hydrogens is 665 g/mol. The molecule has 2 N–H and O–H groups in total.